The maximum absolute atomic E-state index is 11.0. The largest absolute Gasteiger partial charge is 0.493 e. The molecule has 0 aliphatic rings. The summed E-state index contributed by atoms with van der Waals surface area (Å²) in [6, 6.07) is 3.18. The summed E-state index contributed by atoms with van der Waals surface area (Å²) in [6.45, 7) is 3.71. The number of nitrogens with two attached hydrogens (primary N) is 1. The lowest BCUT2D eigenvalue weighted by Gasteiger charge is -2.19. The van der Waals surface area contributed by atoms with Crippen molar-refractivity contribution in [1.29, 1.82) is 0 Å². The van der Waals surface area contributed by atoms with Gasteiger partial charge in [0.05, 0.1) is 19.1 Å². The molecule has 0 saturated heterocycles. The number of benzene rings is 1. The number of nitro groups is 1. The van der Waals surface area contributed by atoms with E-state index in [2.05, 4.69) is 0 Å². The van der Waals surface area contributed by atoms with Gasteiger partial charge in [0, 0.05) is 11.6 Å². The zero-order valence-corrected chi connectivity index (χ0v) is 11.0. The minimum absolute atomic E-state index is 0.115. The van der Waals surface area contributed by atoms with Gasteiger partial charge in [-0.1, -0.05) is 0 Å². The zero-order chi connectivity index (χ0) is 13.9. The van der Waals surface area contributed by atoms with Crippen LogP contribution in [-0.2, 0) is 6.42 Å². The van der Waals surface area contributed by atoms with Crippen molar-refractivity contribution >= 4 is 5.69 Å². The first-order valence-electron chi connectivity index (χ1n) is 5.46. The molecule has 100 valence electrons. The Bertz CT molecular complexity index is 452. The predicted molar refractivity (Wildman–Crippen MR) is 68.2 cm³/mol. The van der Waals surface area contributed by atoms with Crippen LogP contribution in [0.1, 0.15) is 19.4 Å². The molecule has 1 rings (SSSR count). The van der Waals surface area contributed by atoms with Crippen molar-refractivity contribution in [3.8, 4) is 11.5 Å². The molecule has 1 aromatic carbocycles. The van der Waals surface area contributed by atoms with E-state index in [-0.39, 0.29) is 11.4 Å². The van der Waals surface area contributed by atoms with E-state index in [0.29, 0.717) is 12.2 Å². The molecule has 0 aliphatic carbocycles. The predicted octanol–water partition coefficient (Wildman–Crippen LogP) is 1.89. The monoisotopic (exact) mass is 254 g/mol. The Balaban J connectivity index is 3.32. The van der Waals surface area contributed by atoms with Crippen LogP contribution in [0.2, 0.25) is 0 Å². The number of nitrogens with zero attached hydrogens (tertiary/aromatic N) is 1. The first kappa shape index (κ1) is 14.2. The van der Waals surface area contributed by atoms with Gasteiger partial charge in [-0.05, 0) is 31.9 Å². The fraction of sp³-hybridized carbons (Fsp3) is 0.500. The molecule has 6 heteroatoms. The molecule has 0 unspecified atom stereocenters. The van der Waals surface area contributed by atoms with Crippen LogP contribution < -0.4 is 15.2 Å². The van der Waals surface area contributed by atoms with Gasteiger partial charge in [-0.15, -0.1) is 0 Å². The normalized spacial score (nSPS) is 11.2. The average Bonchev–Trinajstić information content (AvgIpc) is 2.25. The van der Waals surface area contributed by atoms with Crippen LogP contribution in [0.4, 0.5) is 5.69 Å². The van der Waals surface area contributed by atoms with Crippen molar-refractivity contribution in [1.82, 2.24) is 0 Å². The fourth-order valence-electron chi connectivity index (χ4n) is 1.76. The van der Waals surface area contributed by atoms with Gasteiger partial charge >= 0.3 is 5.69 Å². The SMILES string of the molecule is COc1cc(CC(C)(C)N)cc([N+](=O)[O-])c1OC. The van der Waals surface area contributed by atoms with Gasteiger partial charge in [-0.3, -0.25) is 10.1 Å². The maximum Gasteiger partial charge on any atom is 0.315 e. The zero-order valence-electron chi connectivity index (χ0n) is 11.0. The Morgan fingerprint density at radius 2 is 1.94 bits per heavy atom. The van der Waals surface area contributed by atoms with Gasteiger partial charge in [0.25, 0.3) is 0 Å². The van der Waals surface area contributed by atoms with Crippen LogP contribution in [0, 0.1) is 10.1 Å². The lowest BCUT2D eigenvalue weighted by atomic mass is 9.95. The summed E-state index contributed by atoms with van der Waals surface area (Å²) in [5.41, 5.74) is 6.09. The molecule has 2 N–H and O–H groups in total. The Labute approximate surface area is 106 Å². The molecule has 0 aromatic heterocycles. The van der Waals surface area contributed by atoms with Crippen LogP contribution >= 0.6 is 0 Å². The Kier molecular flexibility index (Phi) is 4.13. The first-order valence-corrected chi connectivity index (χ1v) is 5.46. The van der Waals surface area contributed by atoms with Crippen molar-refractivity contribution in [2.75, 3.05) is 14.2 Å². The topological polar surface area (TPSA) is 87.6 Å². The van der Waals surface area contributed by atoms with Gasteiger partial charge in [0.2, 0.25) is 5.75 Å². The van der Waals surface area contributed by atoms with Crippen LogP contribution in [0.15, 0.2) is 12.1 Å². The van der Waals surface area contributed by atoms with Crippen LogP contribution in [0.25, 0.3) is 0 Å². The summed E-state index contributed by atoms with van der Waals surface area (Å²) in [6.07, 6.45) is 0.508. The van der Waals surface area contributed by atoms with Crippen molar-refractivity contribution < 1.29 is 14.4 Å². The second-order valence-electron chi connectivity index (χ2n) is 4.77. The van der Waals surface area contributed by atoms with Crippen molar-refractivity contribution in [2.45, 2.75) is 25.8 Å². The first-order chi connectivity index (χ1) is 8.28. The summed E-state index contributed by atoms with van der Waals surface area (Å²) >= 11 is 0. The maximum atomic E-state index is 11.0. The lowest BCUT2D eigenvalue weighted by Crippen LogP contribution is -2.34. The molecule has 1 aromatic rings. The van der Waals surface area contributed by atoms with Gasteiger partial charge in [-0.25, -0.2) is 0 Å². The standard InChI is InChI=1S/C12H18N2O4/c1-12(2,13)7-8-5-9(14(15)16)11(18-4)10(6-8)17-3/h5-6H,7,13H2,1-4H3. The molecule has 0 saturated carbocycles. The molecule has 0 bridgehead atoms. The Morgan fingerprint density at radius 1 is 1.33 bits per heavy atom. The van der Waals surface area contributed by atoms with E-state index >= 15 is 0 Å². The molecule has 0 atom stereocenters. The smallest absolute Gasteiger partial charge is 0.315 e. The van der Waals surface area contributed by atoms with Crippen molar-refractivity contribution in [3.63, 3.8) is 0 Å². The number of rotatable bonds is 5. The second-order valence-corrected chi connectivity index (χ2v) is 4.77. The van der Waals surface area contributed by atoms with E-state index in [4.69, 9.17) is 15.2 Å². The van der Waals surface area contributed by atoms with Gasteiger partial charge < -0.3 is 15.2 Å². The molecule has 0 aliphatic heterocycles. The quantitative estimate of drug-likeness (QED) is 0.640. The molecule has 0 amide bonds. The number of hydrogen-bond acceptors (Lipinski definition) is 5. The minimum atomic E-state index is -0.492. The third kappa shape index (κ3) is 3.33. The molecular weight excluding hydrogens is 236 g/mol. The Morgan fingerprint density at radius 3 is 2.33 bits per heavy atom. The fourth-order valence-corrected chi connectivity index (χ4v) is 1.76. The van der Waals surface area contributed by atoms with E-state index in [1.165, 1.54) is 20.3 Å². The highest BCUT2D eigenvalue weighted by atomic mass is 16.6. The van der Waals surface area contributed by atoms with E-state index in [0.717, 1.165) is 5.56 Å². The summed E-state index contributed by atoms with van der Waals surface area (Å²) in [4.78, 5) is 10.5. The summed E-state index contributed by atoms with van der Waals surface area (Å²) in [5.74, 6) is 0.465. The number of hydrogen-bond donors (Lipinski definition) is 1. The highest BCUT2D eigenvalue weighted by Gasteiger charge is 2.23. The number of ether oxygens (including phenoxy) is 2. The highest BCUT2D eigenvalue weighted by Crippen LogP contribution is 2.38. The van der Waals surface area contributed by atoms with E-state index in [9.17, 15) is 10.1 Å². The van der Waals surface area contributed by atoms with Crippen molar-refractivity contribution in [2.24, 2.45) is 5.73 Å². The van der Waals surface area contributed by atoms with Crippen LogP contribution in [0.5, 0.6) is 11.5 Å². The van der Waals surface area contributed by atoms with E-state index in [1.54, 1.807) is 6.07 Å². The molecule has 0 heterocycles. The summed E-state index contributed by atoms with van der Waals surface area (Å²) in [5, 5.41) is 11.0. The second kappa shape index (κ2) is 5.22. The molecule has 6 nitrogen and oxygen atoms in total. The van der Waals surface area contributed by atoms with Gasteiger partial charge in [0.15, 0.2) is 5.75 Å². The molecular formula is C12H18N2O4. The number of methoxy groups -OCH3 is 2. The molecule has 0 radical (unpaired) electrons. The molecule has 0 spiro atoms. The van der Waals surface area contributed by atoms with E-state index < -0.39 is 10.5 Å². The summed E-state index contributed by atoms with van der Waals surface area (Å²) < 4.78 is 10.1. The third-order valence-electron chi connectivity index (χ3n) is 2.38. The highest BCUT2D eigenvalue weighted by molar-refractivity contribution is 5.58. The van der Waals surface area contributed by atoms with E-state index in [1.807, 2.05) is 13.8 Å². The van der Waals surface area contributed by atoms with Gasteiger partial charge in [0.1, 0.15) is 0 Å². The van der Waals surface area contributed by atoms with Crippen molar-refractivity contribution in [3.05, 3.63) is 27.8 Å². The average molecular weight is 254 g/mol. The Hall–Kier alpha value is -1.82. The van der Waals surface area contributed by atoms with Crippen LogP contribution in [-0.4, -0.2) is 24.7 Å². The molecule has 18 heavy (non-hydrogen) atoms. The molecule has 0 fully saturated rings. The third-order valence-corrected chi connectivity index (χ3v) is 2.38. The summed E-state index contributed by atoms with van der Waals surface area (Å²) in [7, 11) is 2.82. The van der Waals surface area contributed by atoms with Gasteiger partial charge in [-0.2, -0.15) is 0 Å². The minimum Gasteiger partial charge on any atom is -0.493 e. The number of nitro benzene ring substituents is 1. The van der Waals surface area contributed by atoms with Crippen LogP contribution in [0.3, 0.4) is 0 Å². The lowest BCUT2D eigenvalue weighted by molar-refractivity contribution is -0.385.